The normalized spacial score (nSPS) is 37.4. The van der Waals surface area contributed by atoms with Crippen molar-refractivity contribution in [2.24, 2.45) is 17.6 Å². The van der Waals surface area contributed by atoms with Crippen LogP contribution in [0.25, 0.3) is 11.3 Å². The van der Waals surface area contributed by atoms with Gasteiger partial charge in [0.1, 0.15) is 23.8 Å². The Bertz CT molecular complexity index is 1680. The highest BCUT2D eigenvalue weighted by Crippen LogP contribution is 2.40. The molecule has 1 aromatic carbocycles. The molecule has 4 heterocycles. The van der Waals surface area contributed by atoms with Crippen LogP contribution in [0.2, 0.25) is 0 Å². The second-order valence-electron chi connectivity index (χ2n) is 16.5. The molecule has 0 bridgehead atoms. The van der Waals surface area contributed by atoms with Crippen molar-refractivity contribution in [3.05, 3.63) is 30.5 Å². The molecule has 3 aliphatic heterocycles. The number of nitrogens with one attached hydrogen (secondary N) is 1. The Kier molecular flexibility index (Phi) is 13.9. The number of aliphatic hydroxyl groups is 1. The molecule has 3 aliphatic rings. The first-order valence-electron chi connectivity index (χ1n) is 20.0. The number of carbonyl (C=O) groups is 3. The van der Waals surface area contributed by atoms with Gasteiger partial charge in [-0.25, -0.2) is 4.79 Å². The molecule has 16 heteroatoms. The number of ketones is 1. The van der Waals surface area contributed by atoms with Crippen molar-refractivity contribution in [2.45, 2.75) is 160 Å². The number of Topliss-reactive ketones (excluding diaryl/α,β-unsaturated/α-hetero) is 1. The van der Waals surface area contributed by atoms with Crippen molar-refractivity contribution >= 4 is 23.5 Å². The maximum absolute atomic E-state index is 14.2. The summed E-state index contributed by atoms with van der Waals surface area (Å²) in [5.74, 6) is -3.23. The third kappa shape index (κ3) is 9.21. The molecule has 0 saturated carbocycles. The number of anilines is 1. The fraction of sp³-hybridized carbons (Fsp3) is 0.725. The zero-order chi connectivity index (χ0) is 41.1. The van der Waals surface area contributed by atoms with E-state index in [2.05, 4.69) is 15.6 Å². The number of benzene rings is 1. The number of nitrogens with two attached hydrogens (primary N) is 2. The predicted molar refractivity (Wildman–Crippen MR) is 208 cm³/mol. The molecule has 1 aromatic heterocycles. The molecule has 0 radical (unpaired) electrons. The van der Waals surface area contributed by atoms with Crippen LogP contribution in [0, 0.1) is 11.8 Å². The van der Waals surface area contributed by atoms with Crippen molar-refractivity contribution in [1.82, 2.24) is 25.2 Å². The van der Waals surface area contributed by atoms with Gasteiger partial charge in [-0.1, -0.05) is 31.2 Å². The number of amides is 1. The largest absolute Gasteiger partial charge is 0.458 e. The van der Waals surface area contributed by atoms with E-state index in [0.717, 1.165) is 11.3 Å². The SMILES string of the molecule is CC[C@H]1OC(=O)[C@H](C)C(=O)[C@H](C)[C@@H](O[C@@H]2O[C@H](C)CC(N)C2O)[C@](C)(OC)C[C@H](C)N[C@H](C)[C@H]2N(CCCCn3cc(-c4cccc(N)c4)nn3)C(=O)O[C@]12C. The summed E-state index contributed by atoms with van der Waals surface area (Å²) in [7, 11) is 1.54. The molecule has 16 nitrogen and oxygen atoms in total. The van der Waals surface area contributed by atoms with Crippen LogP contribution < -0.4 is 16.8 Å². The van der Waals surface area contributed by atoms with Gasteiger partial charge in [0.15, 0.2) is 17.7 Å². The number of methoxy groups -OCH3 is 1. The number of carbonyl (C=O) groups excluding carboxylic acids is 3. The van der Waals surface area contributed by atoms with E-state index in [0.29, 0.717) is 50.9 Å². The van der Waals surface area contributed by atoms with Gasteiger partial charge in [-0.05, 0) is 85.8 Å². The summed E-state index contributed by atoms with van der Waals surface area (Å²) in [6.45, 7) is 15.5. The topological polar surface area (TPSA) is 216 Å². The molecule has 56 heavy (non-hydrogen) atoms. The number of esters is 1. The van der Waals surface area contributed by atoms with Crippen LogP contribution in [-0.2, 0) is 39.8 Å². The molecule has 312 valence electrons. The van der Waals surface area contributed by atoms with Gasteiger partial charge < -0.3 is 45.6 Å². The minimum atomic E-state index is -1.25. The van der Waals surface area contributed by atoms with E-state index in [1.165, 1.54) is 6.92 Å². The Morgan fingerprint density at radius 2 is 1.80 bits per heavy atom. The number of nitrogens with zero attached hydrogens (tertiary/aromatic N) is 4. The zero-order valence-corrected chi connectivity index (χ0v) is 34.3. The van der Waals surface area contributed by atoms with E-state index in [1.54, 1.807) is 30.5 Å². The summed E-state index contributed by atoms with van der Waals surface area (Å²) >= 11 is 0. The second kappa shape index (κ2) is 17.9. The van der Waals surface area contributed by atoms with Crippen LogP contribution >= 0.6 is 0 Å². The predicted octanol–water partition coefficient (Wildman–Crippen LogP) is 3.43. The van der Waals surface area contributed by atoms with Crippen LogP contribution in [0.4, 0.5) is 10.5 Å². The summed E-state index contributed by atoms with van der Waals surface area (Å²) in [4.78, 5) is 43.6. The van der Waals surface area contributed by atoms with Crippen LogP contribution in [0.5, 0.6) is 0 Å². The van der Waals surface area contributed by atoms with Crippen LogP contribution in [-0.4, -0.2) is 123 Å². The van der Waals surface area contributed by atoms with Crippen LogP contribution in [0.3, 0.4) is 0 Å². The molecule has 13 atom stereocenters. The lowest BCUT2D eigenvalue weighted by atomic mass is 9.78. The Morgan fingerprint density at radius 3 is 2.48 bits per heavy atom. The number of aryl methyl sites for hydroxylation is 1. The number of unbranched alkanes of at least 4 members (excludes halogenated alkanes) is 1. The average Bonchev–Trinajstić information content (AvgIpc) is 3.73. The molecule has 2 aromatic rings. The monoisotopic (exact) mass is 785 g/mol. The Labute approximate surface area is 330 Å². The van der Waals surface area contributed by atoms with Gasteiger partial charge in [-0.15, -0.1) is 5.10 Å². The summed E-state index contributed by atoms with van der Waals surface area (Å²) in [5.41, 5.74) is 12.1. The van der Waals surface area contributed by atoms with Crippen LogP contribution in [0.15, 0.2) is 30.5 Å². The summed E-state index contributed by atoms with van der Waals surface area (Å²) < 4.78 is 32.8. The summed E-state index contributed by atoms with van der Waals surface area (Å²) in [6, 6.07) is 5.73. The second-order valence-corrected chi connectivity index (χ2v) is 16.5. The Morgan fingerprint density at radius 1 is 1.09 bits per heavy atom. The highest BCUT2D eigenvalue weighted by atomic mass is 16.7. The molecule has 3 saturated heterocycles. The number of aliphatic hydroxyl groups excluding tert-OH is 1. The highest BCUT2D eigenvalue weighted by molar-refractivity contribution is 6.00. The fourth-order valence-corrected chi connectivity index (χ4v) is 8.94. The molecule has 6 N–H and O–H groups in total. The fourth-order valence-electron chi connectivity index (χ4n) is 8.94. The maximum Gasteiger partial charge on any atom is 0.410 e. The third-order valence-corrected chi connectivity index (χ3v) is 11.9. The van der Waals surface area contributed by atoms with E-state index in [-0.39, 0.29) is 18.2 Å². The van der Waals surface area contributed by atoms with Crippen molar-refractivity contribution in [2.75, 3.05) is 19.4 Å². The van der Waals surface area contributed by atoms with E-state index in [4.69, 9.17) is 35.2 Å². The maximum atomic E-state index is 14.2. The molecule has 1 amide bonds. The molecular formula is C40H63N7O9. The number of cyclic esters (lactones) is 1. The summed E-state index contributed by atoms with van der Waals surface area (Å²) in [6.07, 6.45) is -0.533. The first-order chi connectivity index (χ1) is 26.4. The average molecular weight is 786 g/mol. The van der Waals surface area contributed by atoms with Crippen molar-refractivity contribution < 1.29 is 43.2 Å². The van der Waals surface area contributed by atoms with Crippen LogP contribution in [0.1, 0.15) is 87.5 Å². The lowest BCUT2D eigenvalue weighted by Gasteiger charge is -2.46. The van der Waals surface area contributed by atoms with E-state index in [1.807, 2.05) is 65.1 Å². The lowest BCUT2D eigenvalue weighted by Crippen LogP contribution is -2.63. The van der Waals surface area contributed by atoms with Gasteiger partial charge in [0, 0.05) is 55.5 Å². The Hall–Kier alpha value is -3.67. The standard InChI is InChI=1S/C40H63N7O9/c1-10-31-40(8)34(47(38(51)56-40)17-12-11-16-46-21-30(44-45-46)27-14-13-15-28(41)19-27)26(6)43-22(2)20-39(7,52-9)35(24(4)32(48)25(5)36(50)54-31)55-37-33(49)29(42)18-23(3)53-37/h13-15,19,21-26,29,31,33-35,37,43,49H,10-12,16-18,20,41-42H2,1-9H3/t22-,23+,24-,25+,26+,29?,31+,33?,34+,35+,37-,39+,40+/m0/s1. The quantitative estimate of drug-likeness (QED) is 0.118. The van der Waals surface area contributed by atoms with Crippen molar-refractivity contribution in [3.8, 4) is 11.3 Å². The van der Waals surface area contributed by atoms with Gasteiger partial charge in [-0.2, -0.15) is 0 Å². The molecular weight excluding hydrogens is 722 g/mol. The van der Waals surface area contributed by atoms with E-state index in [9.17, 15) is 19.5 Å². The molecule has 2 unspecified atom stereocenters. The number of hydrogen-bond donors (Lipinski definition) is 4. The minimum absolute atomic E-state index is 0.243. The van der Waals surface area contributed by atoms with Crippen molar-refractivity contribution in [3.63, 3.8) is 0 Å². The molecule has 5 rings (SSSR count). The molecule has 3 fully saturated rings. The van der Waals surface area contributed by atoms with E-state index < -0.39 is 77.6 Å². The number of hydrogen-bond acceptors (Lipinski definition) is 14. The Balaban J connectivity index is 1.39. The number of nitrogen functional groups attached to an aromatic ring is 1. The van der Waals surface area contributed by atoms with Gasteiger partial charge >= 0.3 is 12.1 Å². The number of aromatic nitrogens is 3. The zero-order valence-electron chi connectivity index (χ0n) is 34.3. The van der Waals surface area contributed by atoms with Gasteiger partial charge in [0.2, 0.25) is 0 Å². The minimum Gasteiger partial charge on any atom is -0.458 e. The highest BCUT2D eigenvalue weighted by Gasteiger charge is 2.59. The number of ether oxygens (including phenoxy) is 5. The molecule has 0 aliphatic carbocycles. The molecule has 0 spiro atoms. The van der Waals surface area contributed by atoms with Gasteiger partial charge in [0.25, 0.3) is 0 Å². The third-order valence-electron chi connectivity index (χ3n) is 11.9. The summed E-state index contributed by atoms with van der Waals surface area (Å²) in [5, 5.41) is 23.3. The lowest BCUT2D eigenvalue weighted by molar-refractivity contribution is -0.288. The van der Waals surface area contributed by atoms with Crippen molar-refractivity contribution in [1.29, 1.82) is 0 Å². The number of fused-ring (bicyclic) bond motifs is 1. The van der Waals surface area contributed by atoms with Gasteiger partial charge in [-0.3, -0.25) is 19.2 Å². The van der Waals surface area contributed by atoms with Gasteiger partial charge in [0.05, 0.1) is 30.0 Å². The smallest absolute Gasteiger partial charge is 0.410 e. The van der Waals surface area contributed by atoms with E-state index >= 15 is 0 Å². The first-order valence-corrected chi connectivity index (χ1v) is 20.0. The first kappa shape index (κ1) is 43.5. The number of rotatable bonds is 10.